The normalized spacial score (nSPS) is 11.5. The fraction of sp³-hybridized carbons (Fsp3) is 0.421. The molecule has 1 aromatic carbocycles. The van der Waals surface area contributed by atoms with Gasteiger partial charge in [0.15, 0.2) is 5.96 Å². The standard InChI is InChI=1S/C19H27N5O2.HI/c1-19(2,3)15-11-22-16(26-15)12-24-18(21-5)23-10-13-7-6-8-14(9-13)17(25)20-4;/h6-9,11H,10,12H2,1-5H3,(H,20,25)(H2,21,23,24);1H. The van der Waals surface area contributed by atoms with Gasteiger partial charge in [-0.15, -0.1) is 24.0 Å². The molecule has 0 fully saturated rings. The molecule has 0 saturated heterocycles. The Morgan fingerprint density at radius 2 is 1.93 bits per heavy atom. The monoisotopic (exact) mass is 485 g/mol. The average molecular weight is 485 g/mol. The first-order chi connectivity index (χ1) is 12.3. The molecule has 1 aromatic heterocycles. The maximum absolute atomic E-state index is 11.7. The second-order valence-corrected chi connectivity index (χ2v) is 6.93. The number of aromatic nitrogens is 1. The zero-order valence-electron chi connectivity index (χ0n) is 16.4. The first kappa shape index (κ1) is 22.9. The van der Waals surface area contributed by atoms with E-state index in [1.807, 2.05) is 18.2 Å². The number of carbonyl (C=O) groups excluding carboxylic acids is 1. The van der Waals surface area contributed by atoms with Gasteiger partial charge in [0.05, 0.1) is 12.7 Å². The third-order valence-corrected chi connectivity index (χ3v) is 3.80. The van der Waals surface area contributed by atoms with Crippen molar-refractivity contribution in [2.45, 2.75) is 39.3 Å². The van der Waals surface area contributed by atoms with E-state index in [0.717, 1.165) is 11.3 Å². The van der Waals surface area contributed by atoms with Crippen LogP contribution in [0.2, 0.25) is 0 Å². The number of oxazole rings is 1. The van der Waals surface area contributed by atoms with Crippen LogP contribution in [0.15, 0.2) is 39.9 Å². The second-order valence-electron chi connectivity index (χ2n) is 6.93. The number of aliphatic imine (C=N–C) groups is 1. The average Bonchev–Trinajstić information content (AvgIpc) is 3.11. The summed E-state index contributed by atoms with van der Waals surface area (Å²) in [6.07, 6.45) is 1.76. The Balaban J connectivity index is 0.00000364. The largest absolute Gasteiger partial charge is 0.443 e. The van der Waals surface area contributed by atoms with E-state index in [-0.39, 0.29) is 35.3 Å². The maximum Gasteiger partial charge on any atom is 0.251 e. The number of rotatable bonds is 5. The SMILES string of the molecule is CN=C(NCc1cccc(C(=O)NC)c1)NCc1ncc(C(C)(C)C)o1.I. The molecule has 1 amide bonds. The highest BCUT2D eigenvalue weighted by Gasteiger charge is 2.19. The highest BCUT2D eigenvalue weighted by atomic mass is 127. The summed E-state index contributed by atoms with van der Waals surface area (Å²) in [7, 11) is 3.32. The summed E-state index contributed by atoms with van der Waals surface area (Å²) in [5.74, 6) is 1.99. The van der Waals surface area contributed by atoms with E-state index in [1.54, 1.807) is 26.4 Å². The summed E-state index contributed by atoms with van der Waals surface area (Å²) in [4.78, 5) is 20.2. The molecule has 1 heterocycles. The third kappa shape index (κ3) is 6.85. The summed E-state index contributed by atoms with van der Waals surface area (Å²) >= 11 is 0. The van der Waals surface area contributed by atoms with Crippen molar-refractivity contribution < 1.29 is 9.21 Å². The highest BCUT2D eigenvalue weighted by Crippen LogP contribution is 2.22. The predicted octanol–water partition coefficient (Wildman–Crippen LogP) is 2.81. The van der Waals surface area contributed by atoms with Crippen LogP contribution < -0.4 is 16.0 Å². The minimum atomic E-state index is -0.104. The van der Waals surface area contributed by atoms with E-state index in [2.05, 4.69) is 46.7 Å². The Labute approximate surface area is 177 Å². The van der Waals surface area contributed by atoms with Crippen LogP contribution in [0.1, 0.15) is 48.3 Å². The van der Waals surface area contributed by atoms with Gasteiger partial charge in [-0.1, -0.05) is 32.9 Å². The summed E-state index contributed by atoms with van der Waals surface area (Å²) in [5.41, 5.74) is 1.55. The molecule has 0 aliphatic rings. The van der Waals surface area contributed by atoms with E-state index in [1.165, 1.54) is 0 Å². The smallest absolute Gasteiger partial charge is 0.251 e. The fourth-order valence-corrected chi connectivity index (χ4v) is 2.27. The van der Waals surface area contributed by atoms with Gasteiger partial charge < -0.3 is 20.4 Å². The van der Waals surface area contributed by atoms with Crippen molar-refractivity contribution in [1.82, 2.24) is 20.9 Å². The van der Waals surface area contributed by atoms with E-state index >= 15 is 0 Å². The van der Waals surface area contributed by atoms with Crippen molar-refractivity contribution in [3.63, 3.8) is 0 Å². The molecule has 0 saturated carbocycles. The Kier molecular flexibility index (Phi) is 8.74. The molecule has 0 aliphatic carbocycles. The lowest BCUT2D eigenvalue weighted by atomic mass is 9.94. The lowest BCUT2D eigenvalue weighted by Crippen LogP contribution is -2.36. The molecule has 0 bridgehead atoms. The molecule has 148 valence electrons. The Morgan fingerprint density at radius 1 is 1.22 bits per heavy atom. The van der Waals surface area contributed by atoms with E-state index in [4.69, 9.17) is 4.42 Å². The number of nitrogens with zero attached hydrogens (tertiary/aromatic N) is 2. The lowest BCUT2D eigenvalue weighted by molar-refractivity contribution is 0.0963. The number of guanidine groups is 1. The molecular formula is C19H28IN5O2. The van der Waals surface area contributed by atoms with Crippen molar-refractivity contribution in [1.29, 1.82) is 0 Å². The van der Waals surface area contributed by atoms with Gasteiger partial charge in [0.2, 0.25) is 5.89 Å². The van der Waals surface area contributed by atoms with Gasteiger partial charge in [-0.3, -0.25) is 9.79 Å². The topological polar surface area (TPSA) is 91.5 Å². The minimum Gasteiger partial charge on any atom is -0.443 e. The summed E-state index contributed by atoms with van der Waals surface area (Å²) in [6, 6.07) is 7.45. The highest BCUT2D eigenvalue weighted by molar-refractivity contribution is 14.0. The fourth-order valence-electron chi connectivity index (χ4n) is 2.27. The predicted molar refractivity (Wildman–Crippen MR) is 117 cm³/mol. The van der Waals surface area contributed by atoms with Crippen molar-refractivity contribution in [2.24, 2.45) is 4.99 Å². The second kappa shape index (κ2) is 10.3. The Bertz CT molecular complexity index is 780. The molecule has 0 spiro atoms. The van der Waals surface area contributed by atoms with Crippen molar-refractivity contribution in [3.8, 4) is 0 Å². The molecule has 0 aliphatic heterocycles. The van der Waals surface area contributed by atoms with Crippen LogP contribution in [0.3, 0.4) is 0 Å². The number of benzene rings is 1. The van der Waals surface area contributed by atoms with Crippen LogP contribution in [-0.4, -0.2) is 30.9 Å². The molecule has 27 heavy (non-hydrogen) atoms. The lowest BCUT2D eigenvalue weighted by Gasteiger charge is -2.13. The van der Waals surface area contributed by atoms with E-state index in [0.29, 0.717) is 30.5 Å². The number of carbonyl (C=O) groups is 1. The van der Waals surface area contributed by atoms with Gasteiger partial charge in [-0.2, -0.15) is 0 Å². The molecule has 2 rings (SSSR count). The molecule has 7 nitrogen and oxygen atoms in total. The van der Waals surface area contributed by atoms with Crippen molar-refractivity contribution in [2.75, 3.05) is 14.1 Å². The number of hydrogen-bond donors (Lipinski definition) is 3. The van der Waals surface area contributed by atoms with Crippen LogP contribution in [-0.2, 0) is 18.5 Å². The number of hydrogen-bond acceptors (Lipinski definition) is 4. The summed E-state index contributed by atoms with van der Waals surface area (Å²) < 4.78 is 5.76. The van der Waals surface area contributed by atoms with Gasteiger partial charge in [0, 0.05) is 31.6 Å². The molecule has 2 aromatic rings. The van der Waals surface area contributed by atoms with Crippen molar-refractivity contribution in [3.05, 3.63) is 53.2 Å². The van der Waals surface area contributed by atoms with Crippen LogP contribution in [0, 0.1) is 0 Å². The number of amides is 1. The van der Waals surface area contributed by atoms with Crippen LogP contribution >= 0.6 is 24.0 Å². The van der Waals surface area contributed by atoms with Crippen LogP contribution in [0.5, 0.6) is 0 Å². The zero-order chi connectivity index (χ0) is 19.2. The molecule has 0 unspecified atom stereocenters. The first-order valence-corrected chi connectivity index (χ1v) is 8.54. The number of nitrogens with one attached hydrogen (secondary N) is 3. The summed E-state index contributed by atoms with van der Waals surface area (Å²) in [6.45, 7) is 7.23. The Hall–Kier alpha value is -2.10. The first-order valence-electron chi connectivity index (χ1n) is 8.54. The molecule has 0 radical (unpaired) electrons. The molecule has 3 N–H and O–H groups in total. The van der Waals surface area contributed by atoms with Gasteiger partial charge >= 0.3 is 0 Å². The molecular weight excluding hydrogens is 457 g/mol. The van der Waals surface area contributed by atoms with Gasteiger partial charge in [0.1, 0.15) is 5.76 Å². The van der Waals surface area contributed by atoms with E-state index in [9.17, 15) is 4.79 Å². The third-order valence-electron chi connectivity index (χ3n) is 3.80. The minimum absolute atomic E-state index is 0. The van der Waals surface area contributed by atoms with Gasteiger partial charge in [-0.25, -0.2) is 4.98 Å². The Morgan fingerprint density at radius 3 is 2.52 bits per heavy atom. The van der Waals surface area contributed by atoms with Crippen LogP contribution in [0.25, 0.3) is 0 Å². The van der Waals surface area contributed by atoms with E-state index < -0.39 is 0 Å². The quantitative estimate of drug-likeness (QED) is 0.344. The zero-order valence-corrected chi connectivity index (χ0v) is 18.8. The van der Waals surface area contributed by atoms with Gasteiger partial charge in [-0.05, 0) is 17.7 Å². The number of halogens is 1. The van der Waals surface area contributed by atoms with Crippen LogP contribution in [0.4, 0.5) is 0 Å². The van der Waals surface area contributed by atoms with Crippen molar-refractivity contribution >= 4 is 35.8 Å². The maximum atomic E-state index is 11.7. The summed E-state index contributed by atoms with van der Waals surface area (Å²) in [5, 5.41) is 9.01. The van der Waals surface area contributed by atoms with Gasteiger partial charge in [0.25, 0.3) is 5.91 Å². The molecule has 0 atom stereocenters. The molecule has 8 heteroatoms.